The molecule has 1 N–H and O–H groups in total. The minimum atomic E-state index is -0.943. The van der Waals surface area contributed by atoms with Crippen LogP contribution in [0.2, 0.25) is 0 Å². The summed E-state index contributed by atoms with van der Waals surface area (Å²) in [5, 5.41) is 9.86. The highest BCUT2D eigenvalue weighted by Crippen LogP contribution is 2.38. The number of hydrogen-bond acceptors (Lipinski definition) is 2. The first-order valence-corrected chi connectivity index (χ1v) is 12.0. The van der Waals surface area contributed by atoms with Crippen molar-refractivity contribution in [3.05, 3.63) is 71.0 Å². The Kier molecular flexibility index (Phi) is 6.56. The second-order valence-electron chi connectivity index (χ2n) is 10.5. The predicted molar refractivity (Wildman–Crippen MR) is 129 cm³/mol. The Balaban J connectivity index is 1.70. The average Bonchev–Trinajstić information content (AvgIpc) is 2.82. The number of nitrogens with zero attached hydrogens (tertiary/aromatic N) is 3. The van der Waals surface area contributed by atoms with Gasteiger partial charge in [0.2, 0.25) is 0 Å². The minimum absolute atomic E-state index is 0.129. The fourth-order valence-electron chi connectivity index (χ4n) is 5.76. The average molecular weight is 468 g/mol. The Morgan fingerprint density at radius 3 is 2.35 bits per heavy atom. The van der Waals surface area contributed by atoms with Crippen LogP contribution in [0, 0.1) is 11.2 Å². The van der Waals surface area contributed by atoms with Crippen molar-refractivity contribution in [2.24, 2.45) is 5.41 Å². The number of rotatable bonds is 2. The van der Waals surface area contributed by atoms with Crippen molar-refractivity contribution < 1.29 is 19.1 Å². The van der Waals surface area contributed by atoms with E-state index < -0.39 is 6.09 Å². The molecule has 2 aromatic carbocycles. The molecule has 1 fully saturated rings. The second kappa shape index (κ2) is 9.28. The molecule has 2 unspecified atom stereocenters. The lowest BCUT2D eigenvalue weighted by Gasteiger charge is -2.50. The van der Waals surface area contributed by atoms with E-state index in [9.17, 15) is 19.1 Å². The van der Waals surface area contributed by atoms with Crippen LogP contribution in [0.4, 0.5) is 14.0 Å². The van der Waals surface area contributed by atoms with Gasteiger partial charge in [0.1, 0.15) is 5.82 Å². The molecule has 6 nitrogen and oxygen atoms in total. The van der Waals surface area contributed by atoms with Gasteiger partial charge in [0.25, 0.3) is 0 Å². The van der Waals surface area contributed by atoms with Gasteiger partial charge in [-0.2, -0.15) is 0 Å². The summed E-state index contributed by atoms with van der Waals surface area (Å²) < 4.78 is 13.7. The third-order valence-electron chi connectivity index (χ3n) is 7.25. The van der Waals surface area contributed by atoms with Crippen molar-refractivity contribution in [2.75, 3.05) is 20.1 Å². The Hall–Kier alpha value is -3.09. The van der Waals surface area contributed by atoms with E-state index in [1.54, 1.807) is 24.1 Å². The molecule has 7 heteroatoms. The number of likely N-dealkylation sites (tertiary alicyclic amines) is 1. The number of carbonyl (C=O) groups is 2. The number of urea groups is 1. The first-order valence-electron chi connectivity index (χ1n) is 12.0. The summed E-state index contributed by atoms with van der Waals surface area (Å²) in [6, 6.07) is 13.4. The highest BCUT2D eigenvalue weighted by molar-refractivity contribution is 5.77. The van der Waals surface area contributed by atoms with Crippen molar-refractivity contribution >= 4 is 12.1 Å². The molecular weight excluding hydrogens is 433 g/mol. The summed E-state index contributed by atoms with van der Waals surface area (Å²) in [5.41, 5.74) is 2.76. The minimum Gasteiger partial charge on any atom is -0.465 e. The Bertz CT molecular complexity index is 1050. The van der Waals surface area contributed by atoms with Gasteiger partial charge in [-0.3, -0.25) is 0 Å². The molecule has 2 heterocycles. The number of likely N-dealkylation sites (N-methyl/N-ethyl adjacent to an activating group) is 1. The third-order valence-corrected chi connectivity index (χ3v) is 7.25. The summed E-state index contributed by atoms with van der Waals surface area (Å²) in [6.07, 6.45) is 1.26. The zero-order valence-corrected chi connectivity index (χ0v) is 20.4. The fraction of sp³-hybridized carbons (Fsp3) is 0.481. The molecule has 3 amide bonds. The number of carbonyl (C=O) groups excluding carboxylic acids is 1. The Labute approximate surface area is 201 Å². The smallest absolute Gasteiger partial charge is 0.407 e. The molecule has 2 aliphatic rings. The maximum absolute atomic E-state index is 14.0. The van der Waals surface area contributed by atoms with Gasteiger partial charge in [0.15, 0.2) is 0 Å². The molecule has 2 aromatic rings. The molecular formula is C27H34FN3O3. The van der Waals surface area contributed by atoms with E-state index >= 15 is 0 Å². The van der Waals surface area contributed by atoms with Crippen LogP contribution >= 0.6 is 0 Å². The highest BCUT2D eigenvalue weighted by Gasteiger charge is 2.46. The quantitative estimate of drug-likeness (QED) is 0.645. The summed E-state index contributed by atoms with van der Waals surface area (Å²) >= 11 is 0. The van der Waals surface area contributed by atoms with Gasteiger partial charge < -0.3 is 19.8 Å². The molecule has 4 rings (SSSR count). The van der Waals surface area contributed by atoms with E-state index in [0.717, 1.165) is 24.0 Å². The Morgan fingerprint density at radius 2 is 1.71 bits per heavy atom. The maximum Gasteiger partial charge on any atom is 0.407 e. The van der Waals surface area contributed by atoms with E-state index in [4.69, 9.17) is 0 Å². The van der Waals surface area contributed by atoms with Gasteiger partial charge in [-0.1, -0.05) is 57.2 Å². The van der Waals surface area contributed by atoms with Crippen molar-refractivity contribution in [1.82, 2.24) is 14.7 Å². The van der Waals surface area contributed by atoms with Crippen LogP contribution in [-0.4, -0.2) is 64.2 Å². The first kappa shape index (κ1) is 24.0. The van der Waals surface area contributed by atoms with Gasteiger partial charge in [0, 0.05) is 20.1 Å². The zero-order chi connectivity index (χ0) is 24.6. The van der Waals surface area contributed by atoms with E-state index in [-0.39, 0.29) is 35.4 Å². The molecule has 0 radical (unpaired) electrons. The number of benzene rings is 2. The van der Waals surface area contributed by atoms with Gasteiger partial charge in [0.05, 0.1) is 18.1 Å². The number of piperidine rings is 1. The summed E-state index contributed by atoms with van der Waals surface area (Å²) in [5.74, 6) is -0.313. The lowest BCUT2D eigenvalue weighted by molar-refractivity contribution is 0.00525. The number of hydrogen-bond donors (Lipinski definition) is 1. The van der Waals surface area contributed by atoms with Crippen LogP contribution in [-0.2, 0) is 6.42 Å². The number of halogens is 1. The number of amides is 3. The second-order valence-corrected chi connectivity index (χ2v) is 10.5. The summed E-state index contributed by atoms with van der Waals surface area (Å²) in [6.45, 7) is 7.11. The predicted octanol–water partition coefficient (Wildman–Crippen LogP) is 5.38. The molecule has 2 aliphatic heterocycles. The van der Waals surface area contributed by atoms with E-state index in [1.165, 1.54) is 22.6 Å². The molecule has 0 aliphatic carbocycles. The van der Waals surface area contributed by atoms with Crippen molar-refractivity contribution in [3.63, 3.8) is 0 Å². The summed E-state index contributed by atoms with van der Waals surface area (Å²) in [4.78, 5) is 31.2. The SMILES string of the molecule is CN(C(=O)N1CCc2ccccc2[C@@H]1c1ccc(F)cc1)C1CCCN(C(=O)O)C1C(C)(C)C. The van der Waals surface area contributed by atoms with Crippen molar-refractivity contribution in [3.8, 4) is 0 Å². The highest BCUT2D eigenvalue weighted by atomic mass is 19.1. The molecule has 0 aromatic heterocycles. The monoisotopic (exact) mass is 467 g/mol. The first-order chi connectivity index (χ1) is 16.1. The fourth-order valence-corrected chi connectivity index (χ4v) is 5.76. The lowest BCUT2D eigenvalue weighted by Crippen LogP contribution is -2.63. The van der Waals surface area contributed by atoms with Crippen LogP contribution in [0.15, 0.2) is 48.5 Å². The molecule has 0 bridgehead atoms. The van der Waals surface area contributed by atoms with Gasteiger partial charge in [-0.15, -0.1) is 0 Å². The third kappa shape index (κ3) is 4.48. The van der Waals surface area contributed by atoms with Crippen LogP contribution in [0.1, 0.15) is 56.3 Å². The largest absolute Gasteiger partial charge is 0.465 e. The van der Waals surface area contributed by atoms with Crippen molar-refractivity contribution in [2.45, 2.75) is 58.2 Å². The summed E-state index contributed by atoms with van der Waals surface area (Å²) in [7, 11) is 1.79. The normalized spacial score (nSPS) is 22.8. The van der Waals surface area contributed by atoms with Gasteiger partial charge >= 0.3 is 12.1 Å². The van der Waals surface area contributed by atoms with Crippen LogP contribution in [0.25, 0.3) is 0 Å². The van der Waals surface area contributed by atoms with Crippen LogP contribution < -0.4 is 0 Å². The molecule has 1 saturated heterocycles. The molecule has 0 saturated carbocycles. The number of carboxylic acid groups (broad SMARTS) is 1. The topological polar surface area (TPSA) is 64.1 Å². The van der Waals surface area contributed by atoms with Crippen LogP contribution in [0.3, 0.4) is 0 Å². The van der Waals surface area contributed by atoms with Crippen molar-refractivity contribution in [1.29, 1.82) is 0 Å². The Morgan fingerprint density at radius 1 is 1.03 bits per heavy atom. The molecule has 3 atom stereocenters. The standard InChI is InChI=1S/C27H34FN3O3/c1-27(2,3)24-22(10-7-16-31(24)26(33)34)29(4)25(32)30-17-15-18-8-5-6-9-21(18)23(30)19-11-13-20(28)14-12-19/h5-6,8-9,11-14,22-24H,7,10,15-17H2,1-4H3,(H,33,34)/t22?,23-,24?/m0/s1. The maximum atomic E-state index is 14.0. The molecule has 182 valence electrons. The van der Waals surface area contributed by atoms with Gasteiger partial charge in [-0.25, -0.2) is 14.0 Å². The van der Waals surface area contributed by atoms with E-state index in [0.29, 0.717) is 19.5 Å². The molecule has 0 spiro atoms. The molecule has 34 heavy (non-hydrogen) atoms. The lowest BCUT2D eigenvalue weighted by atomic mass is 9.77. The van der Waals surface area contributed by atoms with Crippen LogP contribution in [0.5, 0.6) is 0 Å². The van der Waals surface area contributed by atoms with E-state index in [1.807, 2.05) is 43.9 Å². The zero-order valence-electron chi connectivity index (χ0n) is 20.4. The number of fused-ring (bicyclic) bond motifs is 1. The van der Waals surface area contributed by atoms with Gasteiger partial charge in [-0.05, 0) is 53.5 Å². The van der Waals surface area contributed by atoms with E-state index in [2.05, 4.69) is 6.07 Å².